The van der Waals surface area contributed by atoms with E-state index < -0.39 is 11.8 Å². The van der Waals surface area contributed by atoms with Gasteiger partial charge in [0.1, 0.15) is 0 Å². The second kappa shape index (κ2) is 4.34. The molecule has 1 aromatic heterocycles. The predicted molar refractivity (Wildman–Crippen MR) is 42.7 cm³/mol. The first-order valence-electron chi connectivity index (χ1n) is 3.61. The molecule has 6 heteroatoms. The Balaban J connectivity index is 2.37. The molecule has 0 radical (unpaired) electrons. The molecule has 1 aromatic rings. The van der Waals surface area contributed by atoms with Gasteiger partial charge in [0.25, 0.3) is 0 Å². The van der Waals surface area contributed by atoms with E-state index in [4.69, 9.17) is 5.11 Å². The Morgan fingerprint density at radius 2 is 2.15 bits per heavy atom. The molecular formula is C7H8FN3O2. The second-order valence-electron chi connectivity index (χ2n) is 2.30. The molecule has 0 saturated heterocycles. The van der Waals surface area contributed by atoms with E-state index >= 15 is 0 Å². The molecule has 0 atom stereocenters. The molecule has 0 spiro atoms. The molecule has 0 aliphatic rings. The molecule has 13 heavy (non-hydrogen) atoms. The fourth-order valence-corrected chi connectivity index (χ4v) is 0.685. The molecule has 1 rings (SSSR count). The number of nitrogens with one attached hydrogen (secondary N) is 1. The van der Waals surface area contributed by atoms with Crippen LogP contribution in [0, 0.1) is 5.82 Å². The molecule has 0 unspecified atom stereocenters. The smallest absolute Gasteiger partial charge is 0.305 e. The lowest BCUT2D eigenvalue weighted by Crippen LogP contribution is -2.09. The van der Waals surface area contributed by atoms with Crippen molar-refractivity contribution in [3.8, 4) is 0 Å². The van der Waals surface area contributed by atoms with Gasteiger partial charge in [-0.2, -0.15) is 0 Å². The average Bonchev–Trinajstić information content (AvgIpc) is 2.08. The highest BCUT2D eigenvalue weighted by Crippen LogP contribution is 1.97. The largest absolute Gasteiger partial charge is 0.481 e. The zero-order valence-electron chi connectivity index (χ0n) is 6.70. The van der Waals surface area contributed by atoms with Gasteiger partial charge < -0.3 is 10.4 Å². The van der Waals surface area contributed by atoms with Crippen LogP contribution in [-0.4, -0.2) is 27.6 Å². The van der Waals surface area contributed by atoms with Crippen molar-refractivity contribution in [2.75, 3.05) is 11.9 Å². The van der Waals surface area contributed by atoms with Crippen LogP contribution in [0.3, 0.4) is 0 Å². The number of rotatable bonds is 4. The number of carboxylic acid groups (broad SMARTS) is 1. The van der Waals surface area contributed by atoms with Gasteiger partial charge in [-0.3, -0.25) is 4.79 Å². The fourth-order valence-electron chi connectivity index (χ4n) is 0.685. The third kappa shape index (κ3) is 3.46. The molecule has 0 aromatic carbocycles. The minimum absolute atomic E-state index is 0.0270. The number of aliphatic carboxylic acids is 1. The summed E-state index contributed by atoms with van der Waals surface area (Å²) in [5.41, 5.74) is 0. The topological polar surface area (TPSA) is 75.1 Å². The van der Waals surface area contributed by atoms with Gasteiger partial charge in [-0.1, -0.05) is 0 Å². The Labute approximate surface area is 73.6 Å². The Kier molecular flexibility index (Phi) is 3.13. The summed E-state index contributed by atoms with van der Waals surface area (Å²) in [5.74, 6) is -1.21. The van der Waals surface area contributed by atoms with Crippen molar-refractivity contribution >= 4 is 11.9 Å². The summed E-state index contributed by atoms with van der Waals surface area (Å²) in [6.45, 7) is 0.223. The van der Waals surface area contributed by atoms with Gasteiger partial charge in [0, 0.05) is 6.54 Å². The summed E-state index contributed by atoms with van der Waals surface area (Å²) in [4.78, 5) is 17.3. The van der Waals surface area contributed by atoms with Crippen LogP contribution >= 0.6 is 0 Å². The van der Waals surface area contributed by atoms with E-state index in [-0.39, 0.29) is 18.9 Å². The van der Waals surface area contributed by atoms with Gasteiger partial charge in [0.2, 0.25) is 5.95 Å². The SMILES string of the molecule is O=C(O)CCNc1ncc(F)cn1. The lowest BCUT2D eigenvalue weighted by atomic mass is 10.4. The van der Waals surface area contributed by atoms with Crippen LogP contribution in [0.4, 0.5) is 10.3 Å². The molecule has 70 valence electrons. The highest BCUT2D eigenvalue weighted by Gasteiger charge is 1.98. The molecule has 2 N–H and O–H groups in total. The maximum atomic E-state index is 12.3. The summed E-state index contributed by atoms with van der Waals surface area (Å²) in [7, 11) is 0. The van der Waals surface area contributed by atoms with Crippen LogP contribution in [0.1, 0.15) is 6.42 Å². The lowest BCUT2D eigenvalue weighted by molar-refractivity contribution is -0.136. The number of carboxylic acids is 1. The molecular weight excluding hydrogens is 177 g/mol. The van der Waals surface area contributed by atoms with Crippen LogP contribution in [0.5, 0.6) is 0 Å². The maximum absolute atomic E-state index is 12.3. The lowest BCUT2D eigenvalue weighted by Gasteiger charge is -2.00. The Morgan fingerprint density at radius 1 is 1.54 bits per heavy atom. The molecule has 0 amide bonds. The van der Waals surface area contributed by atoms with E-state index in [9.17, 15) is 9.18 Å². The standard InChI is InChI=1S/C7H8FN3O2/c8-5-3-10-7(11-4-5)9-2-1-6(12)13/h3-4H,1-2H2,(H,12,13)(H,9,10,11). The van der Waals surface area contributed by atoms with Crippen molar-refractivity contribution in [1.29, 1.82) is 0 Å². The van der Waals surface area contributed by atoms with Crippen molar-refractivity contribution in [3.63, 3.8) is 0 Å². The van der Waals surface area contributed by atoms with Gasteiger partial charge in [-0.15, -0.1) is 0 Å². The second-order valence-corrected chi connectivity index (χ2v) is 2.30. The molecule has 0 aliphatic heterocycles. The number of aromatic nitrogens is 2. The predicted octanol–water partition coefficient (Wildman–Crippen LogP) is 0.502. The van der Waals surface area contributed by atoms with E-state index in [2.05, 4.69) is 15.3 Å². The molecule has 0 aliphatic carbocycles. The molecule has 0 bridgehead atoms. The Hall–Kier alpha value is -1.72. The van der Waals surface area contributed by atoms with Crippen LogP contribution in [0.25, 0.3) is 0 Å². The Morgan fingerprint density at radius 3 is 2.69 bits per heavy atom. The zero-order valence-corrected chi connectivity index (χ0v) is 6.70. The van der Waals surface area contributed by atoms with Crippen molar-refractivity contribution in [2.45, 2.75) is 6.42 Å². The summed E-state index contributed by atoms with van der Waals surface area (Å²) >= 11 is 0. The van der Waals surface area contributed by atoms with Crippen LogP contribution in [0.15, 0.2) is 12.4 Å². The third-order valence-electron chi connectivity index (χ3n) is 1.24. The van der Waals surface area contributed by atoms with E-state index in [1.54, 1.807) is 0 Å². The van der Waals surface area contributed by atoms with Crippen molar-refractivity contribution in [3.05, 3.63) is 18.2 Å². The monoisotopic (exact) mass is 185 g/mol. The first-order chi connectivity index (χ1) is 6.18. The molecule has 0 saturated carbocycles. The maximum Gasteiger partial charge on any atom is 0.305 e. The van der Waals surface area contributed by atoms with Crippen molar-refractivity contribution in [1.82, 2.24) is 9.97 Å². The van der Waals surface area contributed by atoms with Gasteiger partial charge in [-0.05, 0) is 0 Å². The summed E-state index contributed by atoms with van der Waals surface area (Å²) in [5, 5.41) is 10.9. The van der Waals surface area contributed by atoms with E-state index in [1.807, 2.05) is 0 Å². The number of nitrogens with zero attached hydrogens (tertiary/aromatic N) is 2. The minimum atomic E-state index is -0.908. The van der Waals surface area contributed by atoms with Gasteiger partial charge in [0.05, 0.1) is 18.8 Å². The number of halogens is 1. The van der Waals surface area contributed by atoms with Gasteiger partial charge in [0.15, 0.2) is 5.82 Å². The minimum Gasteiger partial charge on any atom is -0.481 e. The van der Waals surface area contributed by atoms with Crippen LogP contribution in [-0.2, 0) is 4.79 Å². The zero-order chi connectivity index (χ0) is 9.68. The van der Waals surface area contributed by atoms with Gasteiger partial charge >= 0.3 is 5.97 Å². The number of anilines is 1. The molecule has 0 fully saturated rings. The number of hydrogen-bond donors (Lipinski definition) is 2. The van der Waals surface area contributed by atoms with E-state index in [0.717, 1.165) is 12.4 Å². The van der Waals surface area contributed by atoms with Crippen LogP contribution in [0.2, 0.25) is 0 Å². The highest BCUT2D eigenvalue weighted by atomic mass is 19.1. The molecule has 1 heterocycles. The average molecular weight is 185 g/mol. The van der Waals surface area contributed by atoms with Crippen molar-refractivity contribution in [2.24, 2.45) is 0 Å². The summed E-state index contributed by atoms with van der Waals surface area (Å²) in [6, 6.07) is 0. The highest BCUT2D eigenvalue weighted by molar-refractivity contribution is 5.67. The van der Waals surface area contributed by atoms with Crippen LogP contribution < -0.4 is 5.32 Å². The fraction of sp³-hybridized carbons (Fsp3) is 0.286. The van der Waals surface area contributed by atoms with Crippen molar-refractivity contribution < 1.29 is 14.3 Å². The normalized spacial score (nSPS) is 9.62. The van der Waals surface area contributed by atoms with Gasteiger partial charge in [-0.25, -0.2) is 14.4 Å². The summed E-state index contributed by atoms with van der Waals surface area (Å²) < 4.78 is 12.3. The third-order valence-corrected chi connectivity index (χ3v) is 1.24. The number of carbonyl (C=O) groups is 1. The summed E-state index contributed by atoms with van der Waals surface area (Å²) in [6.07, 6.45) is 1.99. The first kappa shape index (κ1) is 9.37. The first-order valence-corrected chi connectivity index (χ1v) is 3.61. The van der Waals surface area contributed by atoms with E-state index in [0.29, 0.717) is 0 Å². The van der Waals surface area contributed by atoms with E-state index in [1.165, 1.54) is 0 Å². The quantitative estimate of drug-likeness (QED) is 0.714. The number of hydrogen-bond acceptors (Lipinski definition) is 4. The molecule has 5 nitrogen and oxygen atoms in total. The Bertz CT molecular complexity index is 288.